The Morgan fingerprint density at radius 1 is 0.977 bits per heavy atom. The summed E-state index contributed by atoms with van der Waals surface area (Å²) >= 11 is 1.68. The molecule has 3 aromatic heterocycles. The van der Waals surface area contributed by atoms with Crippen LogP contribution in [0.5, 0.6) is 5.75 Å². The van der Waals surface area contributed by atoms with Gasteiger partial charge in [0.25, 0.3) is 0 Å². The fraction of sp³-hybridized carbons (Fsp3) is 0.270. The zero-order valence-corrected chi connectivity index (χ0v) is 26.1. The summed E-state index contributed by atoms with van der Waals surface area (Å²) in [6.45, 7) is 4.66. The highest BCUT2D eigenvalue weighted by atomic mass is 32.1. The molecule has 0 amide bonds. The Morgan fingerprint density at radius 2 is 1.82 bits per heavy atom. The lowest BCUT2D eigenvalue weighted by atomic mass is 9.81. The molecular weight excluding hydrogens is 566 g/mol. The van der Waals surface area contributed by atoms with Gasteiger partial charge in [0.05, 0.1) is 45.2 Å². The van der Waals surface area contributed by atoms with Gasteiger partial charge in [-0.3, -0.25) is 0 Å². The van der Waals surface area contributed by atoms with E-state index in [9.17, 15) is 9.90 Å². The summed E-state index contributed by atoms with van der Waals surface area (Å²) in [6.07, 6.45) is 5.96. The van der Waals surface area contributed by atoms with E-state index in [0.717, 1.165) is 78.5 Å². The normalized spacial score (nSPS) is 14.0. The van der Waals surface area contributed by atoms with Gasteiger partial charge in [0.2, 0.25) is 0 Å². The Hall–Kier alpha value is -4.49. The van der Waals surface area contributed by atoms with Crippen LogP contribution >= 0.6 is 11.3 Å². The summed E-state index contributed by atoms with van der Waals surface area (Å²) in [5, 5.41) is 13.2. The fourth-order valence-corrected chi connectivity index (χ4v) is 7.80. The number of pyridine rings is 1. The van der Waals surface area contributed by atoms with Crippen LogP contribution in [0.1, 0.15) is 70.2 Å². The van der Waals surface area contributed by atoms with E-state index in [4.69, 9.17) is 9.72 Å². The van der Waals surface area contributed by atoms with Crippen molar-refractivity contribution in [1.82, 2.24) is 14.5 Å². The Bertz CT molecular complexity index is 2030. The number of carbonyl (C=O) groups is 1. The van der Waals surface area contributed by atoms with Gasteiger partial charge in [0, 0.05) is 22.8 Å². The molecule has 3 aromatic carbocycles. The Kier molecular flexibility index (Phi) is 7.42. The molecule has 0 saturated heterocycles. The van der Waals surface area contributed by atoms with Gasteiger partial charge in [-0.05, 0) is 91.8 Å². The van der Waals surface area contributed by atoms with Gasteiger partial charge in [-0.25, -0.2) is 14.8 Å². The number of methoxy groups -OCH3 is 1. The first-order chi connectivity index (χ1) is 21.4. The van der Waals surface area contributed by atoms with Crippen molar-refractivity contribution in [2.45, 2.75) is 58.4 Å². The molecule has 0 atom stereocenters. The topological polar surface area (TPSA) is 77.2 Å². The summed E-state index contributed by atoms with van der Waals surface area (Å²) in [5.41, 5.74) is 8.87. The summed E-state index contributed by atoms with van der Waals surface area (Å²) in [4.78, 5) is 22.9. The van der Waals surface area contributed by atoms with E-state index in [-0.39, 0.29) is 0 Å². The molecule has 1 aliphatic carbocycles. The molecule has 1 N–H and O–H groups in total. The molecule has 0 spiro atoms. The molecule has 7 heteroatoms. The molecule has 0 bridgehead atoms. The Labute approximate surface area is 261 Å². The number of fused-ring (bicyclic) bond motifs is 2. The van der Waals surface area contributed by atoms with Gasteiger partial charge in [-0.15, -0.1) is 11.3 Å². The molecular formula is C37H35N3O3S. The van der Waals surface area contributed by atoms with Gasteiger partial charge in [0.1, 0.15) is 5.75 Å². The highest BCUT2D eigenvalue weighted by molar-refractivity contribution is 7.15. The maximum Gasteiger partial charge on any atom is 0.335 e. The second-order valence-electron chi connectivity index (χ2n) is 11.8. The van der Waals surface area contributed by atoms with Crippen LogP contribution in [-0.2, 0) is 6.54 Å². The van der Waals surface area contributed by atoms with Crippen molar-refractivity contribution in [3.05, 3.63) is 100 Å². The van der Waals surface area contributed by atoms with E-state index in [1.807, 2.05) is 38.1 Å². The average molecular weight is 602 g/mol. The highest BCUT2D eigenvalue weighted by Gasteiger charge is 2.27. The van der Waals surface area contributed by atoms with Gasteiger partial charge in [-0.2, -0.15) is 0 Å². The first-order valence-corrected chi connectivity index (χ1v) is 16.1. The highest BCUT2D eigenvalue weighted by Crippen LogP contribution is 2.45. The second-order valence-corrected chi connectivity index (χ2v) is 13.0. The molecule has 0 radical (unpaired) electrons. The van der Waals surface area contributed by atoms with Crippen molar-refractivity contribution >= 4 is 39.1 Å². The number of ether oxygens (including phenoxy) is 1. The number of nitrogens with zero attached hydrogens (tertiary/aromatic N) is 3. The van der Waals surface area contributed by atoms with Crippen LogP contribution in [0.4, 0.5) is 0 Å². The number of benzene rings is 3. The lowest BCUT2D eigenvalue weighted by Crippen LogP contribution is -2.08. The molecule has 0 aliphatic heterocycles. The van der Waals surface area contributed by atoms with E-state index < -0.39 is 5.97 Å². The minimum Gasteiger partial charge on any atom is -0.497 e. The smallest absolute Gasteiger partial charge is 0.335 e. The Balaban J connectivity index is 1.45. The summed E-state index contributed by atoms with van der Waals surface area (Å²) in [7, 11) is 1.68. The SMILES string of the molecule is COc1cccc(Cn2c(-c3ccc4nc(-c5sc(C)nc5C)ccc4c3)c(C3CCCCC3)c3ccc(C(=O)O)cc32)c1. The van der Waals surface area contributed by atoms with Crippen molar-refractivity contribution in [1.29, 1.82) is 0 Å². The number of hydrogen-bond acceptors (Lipinski definition) is 5. The van der Waals surface area contributed by atoms with Gasteiger partial charge in [-0.1, -0.05) is 49.6 Å². The van der Waals surface area contributed by atoms with Crippen molar-refractivity contribution in [2.24, 2.45) is 0 Å². The number of hydrogen-bond donors (Lipinski definition) is 1. The molecule has 7 rings (SSSR count). The summed E-state index contributed by atoms with van der Waals surface area (Å²) in [5.74, 6) is 0.302. The van der Waals surface area contributed by atoms with Crippen molar-refractivity contribution < 1.29 is 14.6 Å². The number of carboxylic acid groups (broad SMARTS) is 1. The fourth-order valence-electron chi connectivity index (χ4n) is 6.91. The first-order valence-electron chi connectivity index (χ1n) is 15.3. The molecule has 44 heavy (non-hydrogen) atoms. The molecule has 3 heterocycles. The van der Waals surface area contributed by atoms with Crippen molar-refractivity contribution in [3.8, 4) is 27.6 Å². The molecule has 6 aromatic rings. The third-order valence-corrected chi connectivity index (χ3v) is 10.0. The van der Waals surface area contributed by atoms with Gasteiger partial charge < -0.3 is 14.4 Å². The lowest BCUT2D eigenvalue weighted by molar-refractivity contribution is 0.0697. The predicted octanol–water partition coefficient (Wildman–Crippen LogP) is 9.40. The van der Waals surface area contributed by atoms with Crippen LogP contribution in [0.2, 0.25) is 0 Å². The monoisotopic (exact) mass is 601 g/mol. The standard InChI is InChI=1S/C37H35N3O3S/c1-22-36(44-23(2)38-22)32-17-13-26-19-27(14-16-31(26)39-32)35-34(25-9-5-4-6-10-25)30-15-12-28(37(41)42)20-33(30)40(35)21-24-8-7-11-29(18-24)43-3/h7-8,11-20,25H,4-6,9-10,21H2,1-3H3,(H,41,42). The van der Waals surface area contributed by atoms with Crippen LogP contribution in [-0.4, -0.2) is 32.7 Å². The van der Waals surface area contributed by atoms with Gasteiger partial charge >= 0.3 is 5.97 Å². The third kappa shape index (κ3) is 5.15. The summed E-state index contributed by atoms with van der Waals surface area (Å²) < 4.78 is 7.87. The average Bonchev–Trinajstić information content (AvgIpc) is 3.56. The second kappa shape index (κ2) is 11.5. The van der Waals surface area contributed by atoms with E-state index in [1.165, 1.54) is 24.8 Å². The molecule has 0 unspecified atom stereocenters. The zero-order chi connectivity index (χ0) is 30.4. The number of aromatic nitrogens is 3. The van der Waals surface area contributed by atoms with Gasteiger partial charge in [0.15, 0.2) is 0 Å². The van der Waals surface area contributed by atoms with E-state index in [0.29, 0.717) is 18.0 Å². The van der Waals surface area contributed by atoms with Crippen LogP contribution in [0, 0.1) is 13.8 Å². The van der Waals surface area contributed by atoms with Crippen molar-refractivity contribution in [3.63, 3.8) is 0 Å². The first kappa shape index (κ1) is 28.3. The molecule has 1 aliphatic rings. The van der Waals surface area contributed by atoms with E-state index in [2.05, 4.69) is 52.0 Å². The van der Waals surface area contributed by atoms with Crippen LogP contribution < -0.4 is 4.74 Å². The molecule has 1 fully saturated rings. The largest absolute Gasteiger partial charge is 0.497 e. The molecule has 1 saturated carbocycles. The summed E-state index contributed by atoms with van der Waals surface area (Å²) in [6, 6.07) is 24.6. The number of rotatable bonds is 7. The van der Waals surface area contributed by atoms with Crippen LogP contribution in [0.3, 0.4) is 0 Å². The van der Waals surface area contributed by atoms with Crippen LogP contribution in [0.15, 0.2) is 72.8 Å². The quantitative estimate of drug-likeness (QED) is 0.197. The van der Waals surface area contributed by atoms with Crippen molar-refractivity contribution in [2.75, 3.05) is 7.11 Å². The maximum absolute atomic E-state index is 12.1. The minimum atomic E-state index is -0.916. The Morgan fingerprint density at radius 3 is 2.57 bits per heavy atom. The number of thiazole rings is 1. The van der Waals surface area contributed by atoms with E-state index in [1.54, 1.807) is 24.5 Å². The van der Waals surface area contributed by atoms with Crippen LogP contribution in [0.25, 0.3) is 43.6 Å². The number of carboxylic acids is 1. The predicted molar refractivity (Wildman–Crippen MR) is 178 cm³/mol. The molecule has 6 nitrogen and oxygen atoms in total. The third-order valence-electron chi connectivity index (χ3n) is 8.94. The zero-order valence-electron chi connectivity index (χ0n) is 25.3. The maximum atomic E-state index is 12.1. The number of aryl methyl sites for hydroxylation is 2. The van der Waals surface area contributed by atoms with E-state index >= 15 is 0 Å². The molecule has 222 valence electrons. The number of aromatic carboxylic acids is 1. The lowest BCUT2D eigenvalue weighted by Gasteiger charge is -2.24. The minimum absolute atomic E-state index is 0.299.